The lowest BCUT2D eigenvalue weighted by molar-refractivity contribution is 0.410. The van der Waals surface area contributed by atoms with Crippen molar-refractivity contribution in [3.8, 4) is 11.6 Å². The first-order chi connectivity index (χ1) is 15.2. The molecule has 0 radical (unpaired) electrons. The van der Waals surface area contributed by atoms with Crippen LogP contribution >= 0.6 is 0 Å². The van der Waals surface area contributed by atoms with Crippen LogP contribution in [0.2, 0.25) is 0 Å². The Hall–Kier alpha value is -3.74. The molecule has 156 valence electrons. The fraction of sp³-hybridized carbons (Fsp3) is 0.250. The molecule has 1 aromatic carbocycles. The Kier molecular flexibility index (Phi) is 5.08. The van der Waals surface area contributed by atoms with Crippen LogP contribution in [0.25, 0.3) is 18.0 Å². The zero-order valence-electron chi connectivity index (χ0n) is 17.6. The van der Waals surface area contributed by atoms with E-state index in [1.54, 1.807) is 13.4 Å². The maximum Gasteiger partial charge on any atom is 0.180 e. The number of rotatable bonds is 5. The zero-order chi connectivity index (χ0) is 21.2. The van der Waals surface area contributed by atoms with Gasteiger partial charge < -0.3 is 4.74 Å². The number of aryl methyl sites for hydroxylation is 2. The van der Waals surface area contributed by atoms with E-state index in [9.17, 15) is 0 Å². The van der Waals surface area contributed by atoms with Crippen LogP contribution in [-0.2, 0) is 6.54 Å². The molecule has 0 saturated heterocycles. The summed E-state index contributed by atoms with van der Waals surface area (Å²) in [6, 6.07) is 12.5. The van der Waals surface area contributed by atoms with Crippen LogP contribution in [0.4, 0.5) is 0 Å². The third-order valence-corrected chi connectivity index (χ3v) is 5.55. The van der Waals surface area contributed by atoms with Crippen LogP contribution in [0, 0.1) is 6.92 Å². The highest BCUT2D eigenvalue weighted by Crippen LogP contribution is 2.32. The Balaban J connectivity index is 1.41. The van der Waals surface area contributed by atoms with E-state index in [1.807, 2.05) is 52.9 Å². The maximum absolute atomic E-state index is 5.55. The molecule has 0 unspecified atom stereocenters. The number of ether oxygens (including phenoxy) is 1. The number of fused-ring (bicyclic) bond motifs is 1. The average molecular weight is 412 g/mol. The lowest BCUT2D eigenvalue weighted by Crippen LogP contribution is -2.17. The largest absolute Gasteiger partial charge is 0.493 e. The monoisotopic (exact) mass is 412 g/mol. The van der Waals surface area contributed by atoms with Crippen molar-refractivity contribution in [3.63, 3.8) is 0 Å². The van der Waals surface area contributed by atoms with Crippen LogP contribution in [-0.4, -0.2) is 36.4 Å². The SMILES string of the molecule is COc1cc(C=Cc2nc3n(n2)CCC[C@H]3c2ccccc2)cnc1-n1cnc(C)c1. The smallest absolute Gasteiger partial charge is 0.180 e. The Labute approximate surface area is 181 Å². The van der Waals surface area contributed by atoms with Crippen molar-refractivity contribution in [2.75, 3.05) is 7.11 Å². The summed E-state index contributed by atoms with van der Waals surface area (Å²) in [6.07, 6.45) is 11.6. The van der Waals surface area contributed by atoms with E-state index in [1.165, 1.54) is 5.56 Å². The quantitative estimate of drug-likeness (QED) is 0.489. The fourth-order valence-electron chi connectivity index (χ4n) is 4.04. The lowest BCUT2D eigenvalue weighted by atomic mass is 9.91. The first-order valence-corrected chi connectivity index (χ1v) is 10.4. The molecule has 1 aliphatic heterocycles. The van der Waals surface area contributed by atoms with Gasteiger partial charge in [-0.2, -0.15) is 5.10 Å². The molecule has 0 saturated carbocycles. The van der Waals surface area contributed by atoms with Gasteiger partial charge in [-0.25, -0.2) is 19.6 Å². The van der Waals surface area contributed by atoms with Crippen molar-refractivity contribution < 1.29 is 4.74 Å². The van der Waals surface area contributed by atoms with E-state index in [0.29, 0.717) is 23.3 Å². The molecular weight excluding hydrogens is 388 g/mol. The molecule has 0 amide bonds. The minimum atomic E-state index is 0.296. The van der Waals surface area contributed by atoms with E-state index < -0.39 is 0 Å². The molecule has 0 bridgehead atoms. The van der Waals surface area contributed by atoms with Gasteiger partial charge in [-0.15, -0.1) is 0 Å². The van der Waals surface area contributed by atoms with Crippen molar-refractivity contribution in [1.82, 2.24) is 29.3 Å². The third-order valence-electron chi connectivity index (χ3n) is 5.55. The molecule has 0 N–H and O–H groups in total. The second kappa shape index (κ2) is 8.18. The number of aromatic nitrogens is 6. The number of benzene rings is 1. The molecule has 5 rings (SSSR count). The molecule has 1 atom stereocenters. The van der Waals surface area contributed by atoms with Crippen molar-refractivity contribution in [1.29, 1.82) is 0 Å². The normalized spacial score (nSPS) is 15.9. The summed E-state index contributed by atoms with van der Waals surface area (Å²) in [6.45, 7) is 2.85. The first kappa shape index (κ1) is 19.2. The summed E-state index contributed by atoms with van der Waals surface area (Å²) in [5.41, 5.74) is 3.15. The number of pyridine rings is 1. The maximum atomic E-state index is 5.55. The Morgan fingerprint density at radius 2 is 2.00 bits per heavy atom. The predicted molar refractivity (Wildman–Crippen MR) is 119 cm³/mol. The molecule has 4 heterocycles. The van der Waals surface area contributed by atoms with Crippen LogP contribution in [0.1, 0.15) is 47.2 Å². The van der Waals surface area contributed by atoms with E-state index in [0.717, 1.165) is 36.5 Å². The summed E-state index contributed by atoms with van der Waals surface area (Å²) in [4.78, 5) is 13.7. The Morgan fingerprint density at radius 1 is 1.13 bits per heavy atom. The summed E-state index contributed by atoms with van der Waals surface area (Å²) in [7, 11) is 1.65. The molecule has 0 fully saturated rings. The number of hydrogen-bond acceptors (Lipinski definition) is 5. The van der Waals surface area contributed by atoms with Gasteiger partial charge in [0.05, 0.1) is 12.8 Å². The van der Waals surface area contributed by atoms with Gasteiger partial charge in [0.15, 0.2) is 17.4 Å². The molecule has 1 aliphatic rings. The highest BCUT2D eigenvalue weighted by Gasteiger charge is 2.25. The van der Waals surface area contributed by atoms with Gasteiger partial charge in [0, 0.05) is 24.9 Å². The van der Waals surface area contributed by atoms with Gasteiger partial charge in [0.25, 0.3) is 0 Å². The molecule has 0 spiro atoms. The summed E-state index contributed by atoms with van der Waals surface area (Å²) in [5, 5.41) is 4.71. The van der Waals surface area contributed by atoms with Crippen molar-refractivity contribution in [2.45, 2.75) is 32.2 Å². The van der Waals surface area contributed by atoms with Crippen molar-refractivity contribution >= 4 is 12.2 Å². The highest BCUT2D eigenvalue weighted by molar-refractivity contribution is 5.67. The number of hydrogen-bond donors (Lipinski definition) is 0. The predicted octanol–water partition coefficient (Wildman–Crippen LogP) is 4.27. The van der Waals surface area contributed by atoms with Crippen LogP contribution < -0.4 is 4.74 Å². The second-order valence-electron chi connectivity index (χ2n) is 7.71. The number of methoxy groups -OCH3 is 1. The average Bonchev–Trinajstić information content (AvgIpc) is 3.43. The fourth-order valence-corrected chi connectivity index (χ4v) is 4.04. The van der Waals surface area contributed by atoms with Gasteiger partial charge in [0.2, 0.25) is 0 Å². The van der Waals surface area contributed by atoms with E-state index >= 15 is 0 Å². The lowest BCUT2D eigenvalue weighted by Gasteiger charge is -2.22. The highest BCUT2D eigenvalue weighted by atomic mass is 16.5. The van der Waals surface area contributed by atoms with Crippen LogP contribution in [0.5, 0.6) is 5.75 Å². The molecule has 31 heavy (non-hydrogen) atoms. The molecule has 4 aromatic rings. The van der Waals surface area contributed by atoms with Gasteiger partial charge in [-0.1, -0.05) is 30.3 Å². The minimum absolute atomic E-state index is 0.296. The molecule has 7 nitrogen and oxygen atoms in total. The summed E-state index contributed by atoms with van der Waals surface area (Å²) < 4.78 is 9.45. The second-order valence-corrected chi connectivity index (χ2v) is 7.71. The topological polar surface area (TPSA) is 70.7 Å². The van der Waals surface area contributed by atoms with Crippen LogP contribution in [0.3, 0.4) is 0 Å². The third kappa shape index (κ3) is 3.86. The van der Waals surface area contributed by atoms with Gasteiger partial charge in [-0.05, 0) is 49.1 Å². The first-order valence-electron chi connectivity index (χ1n) is 10.4. The minimum Gasteiger partial charge on any atom is -0.493 e. The molecule has 7 heteroatoms. The molecular formula is C24H24N6O. The zero-order valence-corrected chi connectivity index (χ0v) is 17.6. The summed E-state index contributed by atoms with van der Waals surface area (Å²) >= 11 is 0. The Morgan fingerprint density at radius 3 is 2.77 bits per heavy atom. The van der Waals surface area contributed by atoms with Gasteiger partial charge in [0.1, 0.15) is 12.2 Å². The number of nitrogens with zero attached hydrogens (tertiary/aromatic N) is 6. The molecule has 3 aromatic heterocycles. The van der Waals surface area contributed by atoms with E-state index in [4.69, 9.17) is 14.8 Å². The Bertz CT molecular complexity index is 1220. The standard InChI is InChI=1S/C24H24N6O/c1-17-15-29(16-26-17)24-21(31-2)13-18(14-25-24)10-11-22-27-23-20(9-6-12-30(23)28-22)19-7-4-3-5-8-19/h3-5,7-8,10-11,13-16,20H,6,9,12H2,1-2H3/t20-/m0/s1. The van der Waals surface area contributed by atoms with Crippen LogP contribution in [0.15, 0.2) is 55.1 Å². The van der Waals surface area contributed by atoms with E-state index in [2.05, 4.69) is 34.2 Å². The van der Waals surface area contributed by atoms with Gasteiger partial charge in [-0.3, -0.25) is 4.57 Å². The number of imidazole rings is 1. The summed E-state index contributed by atoms with van der Waals surface area (Å²) in [5.74, 6) is 3.44. The van der Waals surface area contributed by atoms with E-state index in [-0.39, 0.29) is 0 Å². The van der Waals surface area contributed by atoms with Gasteiger partial charge >= 0.3 is 0 Å². The molecule has 0 aliphatic carbocycles. The van der Waals surface area contributed by atoms with Crippen molar-refractivity contribution in [2.24, 2.45) is 0 Å². The van der Waals surface area contributed by atoms with Crippen molar-refractivity contribution in [3.05, 3.63) is 83.6 Å².